The fourth-order valence-electron chi connectivity index (χ4n) is 5.27. The highest BCUT2D eigenvalue weighted by Crippen LogP contribution is 2.27. The lowest BCUT2D eigenvalue weighted by Crippen LogP contribution is -2.47. The lowest BCUT2D eigenvalue weighted by Gasteiger charge is -2.34. The van der Waals surface area contributed by atoms with E-state index in [9.17, 15) is 5.11 Å². The van der Waals surface area contributed by atoms with Crippen LogP contribution in [-0.4, -0.2) is 75.4 Å². The van der Waals surface area contributed by atoms with Crippen molar-refractivity contribution in [1.82, 2.24) is 24.9 Å². The van der Waals surface area contributed by atoms with Gasteiger partial charge in [-0.25, -0.2) is 19.9 Å². The average molecular weight is 524 g/mol. The molecule has 2 fully saturated rings. The molecular formula is C29H33N9O. The summed E-state index contributed by atoms with van der Waals surface area (Å²) in [5, 5.41) is 12.9. The van der Waals surface area contributed by atoms with E-state index in [1.165, 1.54) is 5.56 Å². The van der Waals surface area contributed by atoms with E-state index in [0.717, 1.165) is 74.9 Å². The third-order valence-corrected chi connectivity index (χ3v) is 7.39. The SMILES string of the molecule is OC[C@@H]1CCCN1c1ccc(Nc2ncnc(N3CCN(c4ncc(Cc5ccccc5)cn4)CC3)n2)cc1. The molecule has 2 N–H and O–H groups in total. The molecule has 2 aromatic heterocycles. The Morgan fingerprint density at radius 3 is 2.21 bits per heavy atom. The maximum atomic E-state index is 9.62. The van der Waals surface area contributed by atoms with Crippen LogP contribution >= 0.6 is 0 Å². The smallest absolute Gasteiger partial charge is 0.231 e. The topological polar surface area (TPSA) is 106 Å². The van der Waals surface area contributed by atoms with Crippen molar-refractivity contribution in [3.8, 4) is 0 Å². The van der Waals surface area contributed by atoms with Gasteiger partial charge < -0.3 is 25.1 Å². The molecule has 0 aliphatic carbocycles. The molecule has 4 aromatic rings. The number of nitrogens with one attached hydrogen (secondary N) is 1. The molecule has 1 atom stereocenters. The van der Waals surface area contributed by atoms with Crippen molar-refractivity contribution in [1.29, 1.82) is 0 Å². The second-order valence-corrected chi connectivity index (χ2v) is 9.98. The summed E-state index contributed by atoms with van der Waals surface area (Å²) >= 11 is 0. The molecule has 39 heavy (non-hydrogen) atoms. The fraction of sp³-hybridized carbons (Fsp3) is 0.345. The summed E-state index contributed by atoms with van der Waals surface area (Å²) in [6, 6.07) is 18.8. The predicted octanol–water partition coefficient (Wildman–Crippen LogP) is 3.28. The number of hydrogen-bond acceptors (Lipinski definition) is 10. The molecule has 2 saturated heterocycles. The number of rotatable bonds is 8. The normalized spacial score (nSPS) is 17.5. The minimum atomic E-state index is 0.190. The van der Waals surface area contributed by atoms with E-state index >= 15 is 0 Å². The summed E-state index contributed by atoms with van der Waals surface area (Å²) in [5.41, 5.74) is 4.40. The molecule has 2 aliphatic heterocycles. The first-order chi connectivity index (χ1) is 19.2. The highest BCUT2D eigenvalue weighted by atomic mass is 16.3. The summed E-state index contributed by atoms with van der Waals surface area (Å²) in [6.07, 6.45) is 8.38. The maximum Gasteiger partial charge on any atom is 0.231 e. The number of anilines is 5. The quantitative estimate of drug-likeness (QED) is 0.357. The molecule has 200 valence electrons. The zero-order valence-corrected chi connectivity index (χ0v) is 21.9. The van der Waals surface area contributed by atoms with Gasteiger partial charge >= 0.3 is 0 Å². The minimum absolute atomic E-state index is 0.190. The third kappa shape index (κ3) is 5.91. The highest BCUT2D eigenvalue weighted by Gasteiger charge is 2.24. The largest absolute Gasteiger partial charge is 0.394 e. The molecular weight excluding hydrogens is 490 g/mol. The van der Waals surface area contributed by atoms with Crippen LogP contribution in [0.4, 0.5) is 29.2 Å². The minimum Gasteiger partial charge on any atom is -0.394 e. The van der Waals surface area contributed by atoms with Gasteiger partial charge in [0.1, 0.15) is 6.33 Å². The Morgan fingerprint density at radius 2 is 1.49 bits per heavy atom. The van der Waals surface area contributed by atoms with Gasteiger partial charge in [-0.05, 0) is 48.2 Å². The van der Waals surface area contributed by atoms with E-state index in [2.05, 4.69) is 81.3 Å². The lowest BCUT2D eigenvalue weighted by molar-refractivity contribution is 0.266. The van der Waals surface area contributed by atoms with Gasteiger partial charge in [0, 0.05) is 62.9 Å². The van der Waals surface area contributed by atoms with Gasteiger partial charge in [-0.1, -0.05) is 30.3 Å². The molecule has 0 bridgehead atoms. The number of piperazine rings is 1. The van der Waals surface area contributed by atoms with E-state index in [4.69, 9.17) is 0 Å². The van der Waals surface area contributed by atoms with Crippen molar-refractivity contribution >= 4 is 29.2 Å². The van der Waals surface area contributed by atoms with Gasteiger partial charge in [-0.3, -0.25) is 0 Å². The molecule has 4 heterocycles. The van der Waals surface area contributed by atoms with Crippen LogP contribution in [0.2, 0.25) is 0 Å². The fourth-order valence-corrected chi connectivity index (χ4v) is 5.27. The van der Waals surface area contributed by atoms with Gasteiger partial charge in [-0.2, -0.15) is 4.98 Å². The van der Waals surface area contributed by atoms with Crippen molar-refractivity contribution in [2.75, 3.05) is 59.3 Å². The Balaban J connectivity index is 1.04. The average Bonchev–Trinajstić information content (AvgIpc) is 3.48. The van der Waals surface area contributed by atoms with Crippen LogP contribution in [0.1, 0.15) is 24.0 Å². The monoisotopic (exact) mass is 523 g/mol. The maximum absolute atomic E-state index is 9.62. The standard InChI is InChI=1S/C29H33N9O/c39-20-26-7-4-12-38(26)25-10-8-24(9-11-25)34-27-32-21-33-29(35-27)37-15-13-36(14-16-37)28-30-18-23(19-31-28)17-22-5-2-1-3-6-22/h1-3,5-6,8-11,18-19,21,26,39H,4,7,12-17,20H2,(H,32,33,34,35)/t26-/m0/s1. The van der Waals surface area contributed by atoms with Crippen LogP contribution in [0, 0.1) is 0 Å². The lowest BCUT2D eigenvalue weighted by atomic mass is 10.1. The highest BCUT2D eigenvalue weighted by molar-refractivity contribution is 5.60. The van der Waals surface area contributed by atoms with Gasteiger partial charge in [0.25, 0.3) is 0 Å². The molecule has 2 aliphatic rings. The Labute approximate surface area is 228 Å². The molecule has 10 nitrogen and oxygen atoms in total. The number of nitrogens with zero attached hydrogens (tertiary/aromatic N) is 8. The van der Waals surface area contributed by atoms with Crippen LogP contribution in [0.25, 0.3) is 0 Å². The van der Waals surface area contributed by atoms with E-state index < -0.39 is 0 Å². The molecule has 0 unspecified atom stereocenters. The summed E-state index contributed by atoms with van der Waals surface area (Å²) in [7, 11) is 0. The van der Waals surface area contributed by atoms with E-state index in [1.807, 2.05) is 30.6 Å². The van der Waals surface area contributed by atoms with Gasteiger partial charge in [-0.15, -0.1) is 0 Å². The third-order valence-electron chi connectivity index (χ3n) is 7.39. The number of aliphatic hydroxyl groups is 1. The van der Waals surface area contributed by atoms with Crippen molar-refractivity contribution in [2.24, 2.45) is 0 Å². The summed E-state index contributed by atoms with van der Waals surface area (Å²) in [5.74, 6) is 1.93. The Hall–Kier alpha value is -4.31. The zero-order valence-electron chi connectivity index (χ0n) is 21.9. The molecule has 10 heteroatoms. The molecule has 0 radical (unpaired) electrons. The van der Waals surface area contributed by atoms with E-state index in [0.29, 0.717) is 11.9 Å². The van der Waals surface area contributed by atoms with Crippen LogP contribution in [-0.2, 0) is 6.42 Å². The van der Waals surface area contributed by atoms with Crippen LogP contribution in [0.3, 0.4) is 0 Å². The Morgan fingerprint density at radius 1 is 0.769 bits per heavy atom. The first-order valence-corrected chi connectivity index (χ1v) is 13.5. The summed E-state index contributed by atoms with van der Waals surface area (Å²) < 4.78 is 0. The number of hydrogen-bond donors (Lipinski definition) is 2. The molecule has 0 saturated carbocycles. The van der Waals surface area contributed by atoms with E-state index in [1.54, 1.807) is 6.33 Å². The van der Waals surface area contributed by atoms with Crippen molar-refractivity contribution in [2.45, 2.75) is 25.3 Å². The Bertz CT molecular complexity index is 1340. The first-order valence-electron chi connectivity index (χ1n) is 13.5. The Kier molecular flexibility index (Phi) is 7.44. The second kappa shape index (κ2) is 11.6. The van der Waals surface area contributed by atoms with Crippen molar-refractivity contribution in [3.05, 3.63) is 84.4 Å². The number of benzene rings is 2. The molecule has 0 amide bonds. The second-order valence-electron chi connectivity index (χ2n) is 9.98. The van der Waals surface area contributed by atoms with Crippen LogP contribution in [0.5, 0.6) is 0 Å². The zero-order chi connectivity index (χ0) is 26.4. The summed E-state index contributed by atoms with van der Waals surface area (Å²) in [6.45, 7) is 4.30. The first kappa shape index (κ1) is 25.0. The number of aliphatic hydroxyl groups excluding tert-OH is 1. The van der Waals surface area contributed by atoms with Gasteiger partial charge in [0.05, 0.1) is 12.6 Å². The van der Waals surface area contributed by atoms with Gasteiger partial charge in [0.2, 0.25) is 17.8 Å². The summed E-state index contributed by atoms with van der Waals surface area (Å²) in [4.78, 5) is 29.3. The van der Waals surface area contributed by atoms with Crippen LogP contribution in [0.15, 0.2) is 73.3 Å². The molecule has 6 rings (SSSR count). The van der Waals surface area contributed by atoms with Gasteiger partial charge in [0.15, 0.2) is 0 Å². The van der Waals surface area contributed by atoms with Crippen LogP contribution < -0.4 is 20.0 Å². The van der Waals surface area contributed by atoms with Crippen molar-refractivity contribution < 1.29 is 5.11 Å². The van der Waals surface area contributed by atoms with E-state index in [-0.39, 0.29) is 12.6 Å². The predicted molar refractivity (Wildman–Crippen MR) is 153 cm³/mol. The molecule has 0 spiro atoms. The van der Waals surface area contributed by atoms with Crippen molar-refractivity contribution in [3.63, 3.8) is 0 Å². The molecule has 2 aromatic carbocycles. The number of aromatic nitrogens is 5.